The van der Waals surface area contributed by atoms with Crippen molar-refractivity contribution in [1.29, 1.82) is 0 Å². The van der Waals surface area contributed by atoms with Crippen molar-refractivity contribution in [3.05, 3.63) is 47.5 Å². The fourth-order valence-electron chi connectivity index (χ4n) is 3.02. The third-order valence-corrected chi connectivity index (χ3v) is 4.33. The Kier molecular flexibility index (Phi) is 4.97. The molecule has 132 valence electrons. The predicted octanol–water partition coefficient (Wildman–Crippen LogP) is 3.30. The molecule has 6 nitrogen and oxygen atoms in total. The van der Waals surface area contributed by atoms with E-state index in [1.807, 2.05) is 12.1 Å². The van der Waals surface area contributed by atoms with E-state index in [0.29, 0.717) is 36.0 Å². The first kappa shape index (κ1) is 17.0. The van der Waals surface area contributed by atoms with E-state index >= 15 is 0 Å². The minimum absolute atomic E-state index is 0.149. The number of anilines is 1. The van der Waals surface area contributed by atoms with Gasteiger partial charge in [-0.05, 0) is 17.5 Å². The van der Waals surface area contributed by atoms with E-state index in [-0.39, 0.29) is 6.03 Å². The first-order valence-corrected chi connectivity index (χ1v) is 8.09. The molecule has 0 spiro atoms. The second kappa shape index (κ2) is 7.34. The van der Waals surface area contributed by atoms with Crippen molar-refractivity contribution >= 4 is 11.7 Å². The number of amides is 2. The molecule has 0 aromatic heterocycles. The quantitative estimate of drug-likeness (QED) is 0.926. The number of fused-ring (bicyclic) bond motifs is 1. The number of rotatable bonds is 4. The van der Waals surface area contributed by atoms with Crippen LogP contribution in [0.3, 0.4) is 0 Å². The fourth-order valence-corrected chi connectivity index (χ4v) is 3.02. The van der Waals surface area contributed by atoms with Gasteiger partial charge in [-0.15, -0.1) is 0 Å². The van der Waals surface area contributed by atoms with Gasteiger partial charge in [-0.1, -0.05) is 24.3 Å². The highest BCUT2D eigenvalue weighted by atomic mass is 16.5. The molecule has 0 radical (unpaired) electrons. The molecule has 0 saturated heterocycles. The van der Waals surface area contributed by atoms with Gasteiger partial charge in [0.1, 0.15) is 0 Å². The molecule has 3 rings (SSSR count). The monoisotopic (exact) mass is 342 g/mol. The van der Waals surface area contributed by atoms with Crippen LogP contribution in [-0.2, 0) is 13.0 Å². The Morgan fingerprint density at radius 3 is 2.24 bits per heavy atom. The summed E-state index contributed by atoms with van der Waals surface area (Å²) in [6, 6.07) is 11.5. The number of carbonyl (C=O) groups excluding carboxylic acids is 1. The van der Waals surface area contributed by atoms with Crippen LogP contribution in [0.15, 0.2) is 36.4 Å². The van der Waals surface area contributed by atoms with Crippen molar-refractivity contribution in [2.45, 2.75) is 13.0 Å². The lowest BCUT2D eigenvalue weighted by molar-refractivity contribution is 0.206. The Morgan fingerprint density at radius 2 is 1.64 bits per heavy atom. The average molecular weight is 342 g/mol. The van der Waals surface area contributed by atoms with Crippen LogP contribution in [0.4, 0.5) is 10.5 Å². The van der Waals surface area contributed by atoms with E-state index in [1.165, 1.54) is 11.1 Å². The van der Waals surface area contributed by atoms with Crippen molar-refractivity contribution in [2.24, 2.45) is 0 Å². The molecule has 1 aliphatic rings. The highest BCUT2D eigenvalue weighted by Gasteiger charge is 2.21. The fraction of sp³-hybridized carbons (Fsp3) is 0.316. The van der Waals surface area contributed by atoms with Crippen LogP contribution in [-0.4, -0.2) is 38.8 Å². The SMILES string of the molecule is COc1cc(NC(=O)N2CCc3ccccc3C2)cc(OC)c1OC. The van der Waals surface area contributed by atoms with Crippen LogP contribution in [0.1, 0.15) is 11.1 Å². The number of nitrogens with one attached hydrogen (secondary N) is 1. The summed E-state index contributed by atoms with van der Waals surface area (Å²) in [6.07, 6.45) is 0.860. The number of hydrogen-bond donors (Lipinski definition) is 1. The van der Waals surface area contributed by atoms with Crippen molar-refractivity contribution in [1.82, 2.24) is 4.90 Å². The number of benzene rings is 2. The first-order chi connectivity index (χ1) is 12.2. The minimum Gasteiger partial charge on any atom is -0.493 e. The average Bonchev–Trinajstić information content (AvgIpc) is 2.66. The van der Waals surface area contributed by atoms with Gasteiger partial charge < -0.3 is 24.4 Å². The van der Waals surface area contributed by atoms with Gasteiger partial charge in [0.25, 0.3) is 0 Å². The second-order valence-corrected chi connectivity index (χ2v) is 5.78. The minimum atomic E-state index is -0.149. The first-order valence-electron chi connectivity index (χ1n) is 8.09. The lowest BCUT2D eigenvalue weighted by Gasteiger charge is -2.29. The van der Waals surface area contributed by atoms with E-state index in [9.17, 15) is 4.79 Å². The molecule has 6 heteroatoms. The summed E-state index contributed by atoms with van der Waals surface area (Å²) in [4.78, 5) is 14.4. The molecule has 1 N–H and O–H groups in total. The zero-order chi connectivity index (χ0) is 17.8. The summed E-state index contributed by atoms with van der Waals surface area (Å²) in [7, 11) is 4.64. The van der Waals surface area contributed by atoms with Gasteiger partial charge in [-0.3, -0.25) is 0 Å². The summed E-state index contributed by atoms with van der Waals surface area (Å²) in [5.74, 6) is 1.50. The molecule has 0 unspecified atom stereocenters. The Morgan fingerprint density at radius 1 is 1.00 bits per heavy atom. The number of urea groups is 1. The molecule has 0 atom stereocenters. The van der Waals surface area contributed by atoms with Crippen LogP contribution in [0, 0.1) is 0 Å². The lowest BCUT2D eigenvalue weighted by Crippen LogP contribution is -2.38. The molecule has 0 bridgehead atoms. The zero-order valence-corrected chi connectivity index (χ0v) is 14.7. The predicted molar refractivity (Wildman–Crippen MR) is 95.7 cm³/mol. The number of methoxy groups -OCH3 is 3. The summed E-state index contributed by atoms with van der Waals surface area (Å²) in [5.41, 5.74) is 3.09. The molecule has 0 fully saturated rings. The molecule has 2 amide bonds. The van der Waals surface area contributed by atoms with Crippen LogP contribution in [0.5, 0.6) is 17.2 Å². The molecule has 25 heavy (non-hydrogen) atoms. The maximum absolute atomic E-state index is 12.6. The van der Waals surface area contributed by atoms with Gasteiger partial charge in [0, 0.05) is 25.2 Å². The maximum Gasteiger partial charge on any atom is 0.322 e. The van der Waals surface area contributed by atoms with Gasteiger partial charge in [0.05, 0.1) is 27.0 Å². The Balaban J connectivity index is 1.77. The maximum atomic E-state index is 12.6. The Labute approximate surface area is 147 Å². The van der Waals surface area contributed by atoms with Crippen molar-refractivity contribution in [2.75, 3.05) is 33.2 Å². The van der Waals surface area contributed by atoms with Crippen LogP contribution in [0.25, 0.3) is 0 Å². The molecule has 2 aromatic rings. The van der Waals surface area contributed by atoms with Gasteiger partial charge in [0.15, 0.2) is 11.5 Å². The summed E-state index contributed by atoms with van der Waals surface area (Å²) >= 11 is 0. The van der Waals surface area contributed by atoms with Crippen LogP contribution < -0.4 is 19.5 Å². The van der Waals surface area contributed by atoms with Gasteiger partial charge in [-0.25, -0.2) is 4.79 Å². The van der Waals surface area contributed by atoms with Gasteiger partial charge in [-0.2, -0.15) is 0 Å². The molecule has 1 heterocycles. The highest BCUT2D eigenvalue weighted by molar-refractivity contribution is 5.90. The van der Waals surface area contributed by atoms with Gasteiger partial charge in [0.2, 0.25) is 5.75 Å². The number of carbonyl (C=O) groups is 1. The molecule has 0 saturated carbocycles. The van der Waals surface area contributed by atoms with Crippen molar-refractivity contribution < 1.29 is 19.0 Å². The largest absolute Gasteiger partial charge is 0.493 e. The summed E-state index contributed by atoms with van der Waals surface area (Å²) < 4.78 is 15.9. The standard InChI is InChI=1S/C19H22N2O4/c1-23-16-10-15(11-17(24-2)18(16)25-3)20-19(22)21-9-8-13-6-4-5-7-14(13)12-21/h4-7,10-11H,8-9,12H2,1-3H3,(H,20,22). The van der Waals surface area contributed by atoms with Gasteiger partial charge >= 0.3 is 6.03 Å². The van der Waals surface area contributed by atoms with E-state index in [2.05, 4.69) is 17.4 Å². The Bertz CT molecular complexity index is 751. The summed E-state index contributed by atoms with van der Waals surface area (Å²) in [6.45, 7) is 1.29. The second-order valence-electron chi connectivity index (χ2n) is 5.78. The van der Waals surface area contributed by atoms with Crippen molar-refractivity contribution in [3.63, 3.8) is 0 Å². The number of ether oxygens (including phenoxy) is 3. The smallest absolute Gasteiger partial charge is 0.322 e. The number of nitrogens with zero attached hydrogens (tertiary/aromatic N) is 1. The molecular weight excluding hydrogens is 320 g/mol. The number of hydrogen-bond acceptors (Lipinski definition) is 4. The summed E-state index contributed by atoms with van der Waals surface area (Å²) in [5, 5.41) is 2.91. The zero-order valence-electron chi connectivity index (χ0n) is 14.7. The van der Waals surface area contributed by atoms with E-state index < -0.39 is 0 Å². The van der Waals surface area contributed by atoms with Crippen molar-refractivity contribution in [3.8, 4) is 17.2 Å². The molecule has 1 aliphatic heterocycles. The Hall–Kier alpha value is -2.89. The third-order valence-electron chi connectivity index (χ3n) is 4.33. The van der Waals surface area contributed by atoms with Crippen LogP contribution in [0.2, 0.25) is 0 Å². The van der Waals surface area contributed by atoms with E-state index in [4.69, 9.17) is 14.2 Å². The van der Waals surface area contributed by atoms with Crippen LogP contribution >= 0.6 is 0 Å². The third kappa shape index (κ3) is 3.47. The van der Waals surface area contributed by atoms with E-state index in [0.717, 1.165) is 6.42 Å². The molecular formula is C19H22N2O4. The lowest BCUT2D eigenvalue weighted by atomic mass is 10.0. The highest BCUT2D eigenvalue weighted by Crippen LogP contribution is 2.40. The molecule has 2 aromatic carbocycles. The molecule has 0 aliphatic carbocycles. The van der Waals surface area contributed by atoms with E-state index in [1.54, 1.807) is 38.4 Å². The topological polar surface area (TPSA) is 60.0 Å². The normalized spacial score (nSPS) is 13.0.